The molecule has 0 amide bonds. The van der Waals surface area contributed by atoms with Gasteiger partial charge in [-0.2, -0.15) is 7.11 Å². The summed E-state index contributed by atoms with van der Waals surface area (Å²) in [6.07, 6.45) is 1.49. The van der Waals surface area contributed by atoms with Crippen LogP contribution in [0.5, 0.6) is 5.75 Å². The van der Waals surface area contributed by atoms with E-state index in [1.54, 1.807) is 48.5 Å². The Hall–Kier alpha value is -5.57. The van der Waals surface area contributed by atoms with Gasteiger partial charge in [-0.3, -0.25) is 9.55 Å². The van der Waals surface area contributed by atoms with E-state index in [0.29, 0.717) is 67.4 Å². The van der Waals surface area contributed by atoms with Gasteiger partial charge in [-0.1, -0.05) is 116 Å². The van der Waals surface area contributed by atoms with Crippen LogP contribution in [0.3, 0.4) is 0 Å². The minimum Gasteiger partial charge on any atom is -0.665 e. The molecule has 0 N–H and O–H groups in total. The predicted octanol–water partition coefficient (Wildman–Crippen LogP) is 13.6. The summed E-state index contributed by atoms with van der Waals surface area (Å²) in [5.74, 6) is 0.799. The number of fused-ring (bicyclic) bond motifs is 1. The fourth-order valence-corrected chi connectivity index (χ4v) is 7.15. The number of aromatic nitrogens is 3. The first-order valence-electron chi connectivity index (χ1n) is 24.7. The third-order valence-corrected chi connectivity index (χ3v) is 9.93. The molecule has 0 unspecified atom stereocenters. The summed E-state index contributed by atoms with van der Waals surface area (Å²) in [5, 5.41) is 0. The Kier molecular flexibility index (Phi) is 7.29. The topological polar surface area (TPSA) is 39.9 Å². The Morgan fingerprint density at radius 3 is 2.23 bits per heavy atom. The van der Waals surface area contributed by atoms with Crippen molar-refractivity contribution in [2.75, 3.05) is 0 Å². The molecule has 8 aromatic rings. The van der Waals surface area contributed by atoms with E-state index >= 15 is 0 Å². The summed E-state index contributed by atoms with van der Waals surface area (Å²) in [4.78, 5) is 10.0. The number of hydrogen-bond donors (Lipinski definition) is 0. The van der Waals surface area contributed by atoms with Gasteiger partial charge in [0.05, 0.1) is 27.8 Å². The molecule has 0 fully saturated rings. The molecule has 0 aliphatic carbocycles. The standard InChI is InChI=1S/C52H47N3O.Pt/c1-32-18-20-37(21-19-32)39-22-23-53-47(30-39)41-27-40(28-42(29-41)52(6,7)8)44-16-13-17-48-49(44)54-51(46-25-33(2)24-35(4)50(46)56-9)55(48)43-26-34(3)36(5)45(31-43)38-14-11-10-12-15-38;/h10-26,28-31H,9H2,1-8H3;/q-2;+2/i1D3,3D3,5D3,18D,19D,20D,21D;. The van der Waals surface area contributed by atoms with Crippen molar-refractivity contribution >= 4 is 11.0 Å². The van der Waals surface area contributed by atoms with Crippen LogP contribution >= 0.6 is 0 Å². The molecule has 0 aliphatic rings. The third-order valence-electron chi connectivity index (χ3n) is 9.93. The van der Waals surface area contributed by atoms with Gasteiger partial charge in [0.2, 0.25) is 0 Å². The maximum atomic E-state index is 8.79. The monoisotopic (exact) mass is 937 g/mol. The summed E-state index contributed by atoms with van der Waals surface area (Å²) in [5.41, 5.74) is 5.93. The van der Waals surface area contributed by atoms with E-state index in [9.17, 15) is 0 Å². The van der Waals surface area contributed by atoms with Crippen molar-refractivity contribution in [3.63, 3.8) is 0 Å². The number of imidazole rings is 1. The van der Waals surface area contributed by atoms with E-state index in [0.717, 1.165) is 16.7 Å². The second-order valence-corrected chi connectivity index (χ2v) is 15.0. The minimum atomic E-state index is -2.86. The van der Waals surface area contributed by atoms with E-state index in [-0.39, 0.29) is 43.3 Å². The smallest absolute Gasteiger partial charge is 0.665 e. The van der Waals surface area contributed by atoms with E-state index in [2.05, 4.69) is 38.9 Å². The molecule has 0 saturated heterocycles. The molecule has 0 saturated carbocycles. The number of hydrogen-bond acceptors (Lipinski definition) is 3. The fourth-order valence-electron chi connectivity index (χ4n) is 7.15. The zero-order valence-electron chi connectivity index (χ0n) is 45.1. The normalized spacial score (nSPS) is 15.4. The van der Waals surface area contributed by atoms with E-state index < -0.39 is 55.7 Å². The molecule has 2 heterocycles. The molecular formula is C52H47N3OPt. The van der Waals surface area contributed by atoms with Crippen molar-refractivity contribution in [2.45, 2.75) is 60.6 Å². The zero-order chi connectivity index (χ0) is 50.3. The number of para-hydroxylation sites is 1. The number of rotatable bonds is 7. The first-order valence-corrected chi connectivity index (χ1v) is 18.2. The van der Waals surface area contributed by atoms with Gasteiger partial charge in [-0.25, -0.2) is 4.98 Å². The maximum Gasteiger partial charge on any atom is 2.00 e. The van der Waals surface area contributed by atoms with Crippen LogP contribution < -0.4 is 4.74 Å². The maximum absolute atomic E-state index is 8.79. The van der Waals surface area contributed by atoms with Gasteiger partial charge in [-0.05, 0) is 115 Å². The van der Waals surface area contributed by atoms with Crippen molar-refractivity contribution in [2.24, 2.45) is 0 Å². The van der Waals surface area contributed by atoms with Gasteiger partial charge < -0.3 is 4.74 Å². The van der Waals surface area contributed by atoms with Gasteiger partial charge in [0, 0.05) is 29.9 Å². The first-order chi connectivity index (χ1) is 32.2. The molecule has 286 valence electrons. The predicted molar refractivity (Wildman–Crippen MR) is 233 cm³/mol. The molecule has 0 aliphatic heterocycles. The van der Waals surface area contributed by atoms with Crippen molar-refractivity contribution in [1.82, 2.24) is 14.5 Å². The fraction of sp³-hybridized carbons (Fsp3) is 0.173. The van der Waals surface area contributed by atoms with Gasteiger partial charge >= 0.3 is 21.1 Å². The minimum absolute atomic E-state index is 0. The van der Waals surface area contributed by atoms with Crippen LogP contribution in [0.4, 0.5) is 0 Å². The molecule has 0 atom stereocenters. The van der Waals surface area contributed by atoms with Gasteiger partial charge in [0.15, 0.2) is 0 Å². The zero-order valence-corrected chi connectivity index (χ0v) is 34.4. The van der Waals surface area contributed by atoms with Crippen LogP contribution in [-0.2, 0) is 26.5 Å². The van der Waals surface area contributed by atoms with Crippen LogP contribution in [0.25, 0.3) is 72.7 Å². The van der Waals surface area contributed by atoms with Crippen molar-refractivity contribution in [3.8, 4) is 67.5 Å². The first kappa shape index (κ1) is 26.4. The van der Waals surface area contributed by atoms with Crippen molar-refractivity contribution in [3.05, 3.63) is 174 Å². The Labute approximate surface area is 370 Å². The van der Waals surface area contributed by atoms with E-state index in [1.165, 1.54) is 12.3 Å². The van der Waals surface area contributed by atoms with Crippen molar-refractivity contribution < 1.29 is 43.6 Å². The van der Waals surface area contributed by atoms with Crippen LogP contribution in [0, 0.1) is 47.6 Å². The summed E-state index contributed by atoms with van der Waals surface area (Å²) >= 11 is 0. The SMILES string of the molecule is [2H]c1c([2H])c(C([2H])([2H])[2H])c([2H])c([2H])c1-c1ccnc(-c2[c-]c(-c3cccc4c3nc(-c3cc(C)cc(C)c3O[CH2-])n4-c3cc(-c4ccccc4)c(C([2H])([2H])[2H])c(C([2H])([2H])[2H])c3)cc(C(C)(C)C)c2)c1.[Pt+2]. The molecule has 6 aromatic carbocycles. The van der Waals surface area contributed by atoms with E-state index in [4.69, 9.17) is 27.5 Å². The Morgan fingerprint density at radius 1 is 0.719 bits per heavy atom. The summed E-state index contributed by atoms with van der Waals surface area (Å²) in [6, 6.07) is 29.8. The van der Waals surface area contributed by atoms with Crippen molar-refractivity contribution in [1.29, 1.82) is 0 Å². The molecule has 0 radical (unpaired) electrons. The average molecular weight is 938 g/mol. The number of ether oxygens (including phenoxy) is 1. The number of benzene rings is 6. The van der Waals surface area contributed by atoms with Crippen LogP contribution in [-0.4, -0.2) is 14.5 Å². The Balaban J connectivity index is 0.00000722. The average Bonchev–Trinajstić information content (AvgIpc) is 3.67. The molecule has 57 heavy (non-hydrogen) atoms. The second-order valence-electron chi connectivity index (χ2n) is 15.0. The molecule has 2 aromatic heterocycles. The van der Waals surface area contributed by atoms with Crippen LogP contribution in [0.2, 0.25) is 0 Å². The molecular weight excluding hydrogens is 878 g/mol. The van der Waals surface area contributed by atoms with Crippen LogP contribution in [0.1, 0.15) is 72.0 Å². The van der Waals surface area contributed by atoms with E-state index in [1.807, 2.05) is 60.9 Å². The second kappa shape index (κ2) is 15.8. The molecule has 0 spiro atoms. The third kappa shape index (κ3) is 7.64. The number of pyridine rings is 1. The quantitative estimate of drug-likeness (QED) is 0.150. The summed E-state index contributed by atoms with van der Waals surface area (Å²) in [6.45, 7) is 1.49. The molecule has 5 heteroatoms. The van der Waals surface area contributed by atoms with Gasteiger partial charge in [0.25, 0.3) is 0 Å². The molecule has 4 nitrogen and oxygen atoms in total. The van der Waals surface area contributed by atoms with Gasteiger partial charge in [0.1, 0.15) is 5.82 Å². The number of nitrogens with zero attached hydrogens (tertiary/aromatic N) is 3. The van der Waals surface area contributed by atoms with Crippen LogP contribution in [0.15, 0.2) is 127 Å². The molecule has 8 rings (SSSR count). The summed E-state index contributed by atoms with van der Waals surface area (Å²) < 4.78 is 118. The largest absolute Gasteiger partial charge is 2.00 e. The summed E-state index contributed by atoms with van der Waals surface area (Å²) in [7, 11) is 3.77. The Bertz CT molecular complexity index is 3300. The Morgan fingerprint density at radius 2 is 1.51 bits per heavy atom. The number of aryl methyl sites for hydroxylation is 3. The van der Waals surface area contributed by atoms with Gasteiger partial charge in [-0.15, -0.1) is 29.3 Å². The molecule has 0 bridgehead atoms.